The van der Waals surface area contributed by atoms with E-state index >= 15 is 0 Å². The van der Waals surface area contributed by atoms with Crippen LogP contribution in [0, 0.1) is 6.92 Å². The molecule has 1 aliphatic heterocycles. The molecule has 2 heterocycles. The summed E-state index contributed by atoms with van der Waals surface area (Å²) in [6.45, 7) is 2.28. The highest BCUT2D eigenvalue weighted by Crippen LogP contribution is 2.43. The Balaban J connectivity index is 2.12. The summed E-state index contributed by atoms with van der Waals surface area (Å²) in [5.41, 5.74) is 2.96. The molecule has 0 atom stereocenters. The summed E-state index contributed by atoms with van der Waals surface area (Å²) in [5.74, 6) is 2.34. The van der Waals surface area contributed by atoms with E-state index < -0.39 is 0 Å². The number of H-pyrrole nitrogens is 1. The predicted octanol–water partition coefficient (Wildman–Crippen LogP) is 2.16. The summed E-state index contributed by atoms with van der Waals surface area (Å²) in [4.78, 5) is 7.37. The summed E-state index contributed by atoms with van der Waals surface area (Å²) >= 11 is 0. The first kappa shape index (κ1) is 10.0. The summed E-state index contributed by atoms with van der Waals surface area (Å²) < 4.78 is 11.0. The van der Waals surface area contributed by atoms with Crippen LogP contribution in [0.3, 0.4) is 0 Å². The van der Waals surface area contributed by atoms with E-state index in [-0.39, 0.29) is 6.79 Å². The van der Waals surface area contributed by atoms with Crippen LogP contribution in [-0.2, 0) is 0 Å². The average Bonchev–Trinajstić information content (AvgIpc) is 2.98. The van der Waals surface area contributed by atoms with Crippen molar-refractivity contribution < 1.29 is 9.47 Å². The lowest BCUT2D eigenvalue weighted by Crippen LogP contribution is -1.94. The number of fused-ring (bicyclic) bond motifs is 1. The van der Waals surface area contributed by atoms with Crippen molar-refractivity contribution in [3.05, 3.63) is 23.9 Å². The predicted molar refractivity (Wildman–Crippen MR) is 64.4 cm³/mol. The highest BCUT2D eigenvalue weighted by Gasteiger charge is 2.21. The summed E-state index contributed by atoms with van der Waals surface area (Å²) in [6.07, 6.45) is 1.78. The number of nitrogens with one attached hydrogen (secondary N) is 2. The molecule has 0 fully saturated rings. The molecule has 3 rings (SSSR count). The Morgan fingerprint density at radius 2 is 2.12 bits per heavy atom. The van der Waals surface area contributed by atoms with E-state index in [0.29, 0.717) is 0 Å². The number of ether oxygens (including phenoxy) is 2. The zero-order valence-corrected chi connectivity index (χ0v) is 9.70. The fourth-order valence-electron chi connectivity index (χ4n) is 1.93. The molecule has 2 N–H and O–H groups in total. The number of nitrogens with zero attached hydrogens (tertiary/aromatic N) is 1. The number of benzene rings is 1. The van der Waals surface area contributed by atoms with Gasteiger partial charge in [0.15, 0.2) is 17.4 Å². The van der Waals surface area contributed by atoms with Crippen LogP contribution in [-0.4, -0.2) is 23.8 Å². The van der Waals surface area contributed by atoms with E-state index in [1.165, 1.54) is 0 Å². The first-order chi connectivity index (χ1) is 8.29. The van der Waals surface area contributed by atoms with E-state index in [1.54, 1.807) is 6.20 Å². The van der Waals surface area contributed by atoms with Crippen LogP contribution in [0.25, 0.3) is 11.3 Å². The lowest BCUT2D eigenvalue weighted by atomic mass is 10.1. The Morgan fingerprint density at radius 3 is 2.88 bits per heavy atom. The molecule has 0 amide bonds. The van der Waals surface area contributed by atoms with E-state index in [4.69, 9.17) is 9.47 Å². The molecule has 1 aromatic carbocycles. The topological polar surface area (TPSA) is 59.2 Å². The average molecular weight is 231 g/mol. The van der Waals surface area contributed by atoms with E-state index in [2.05, 4.69) is 15.3 Å². The second-order valence-corrected chi connectivity index (χ2v) is 3.89. The maximum absolute atomic E-state index is 5.52. The van der Waals surface area contributed by atoms with Crippen molar-refractivity contribution in [1.29, 1.82) is 0 Å². The molecule has 0 radical (unpaired) electrons. The molecule has 0 unspecified atom stereocenters. The molecule has 0 saturated heterocycles. The van der Waals surface area contributed by atoms with Crippen molar-refractivity contribution in [3.8, 4) is 22.8 Å². The zero-order chi connectivity index (χ0) is 11.8. The molecule has 1 aromatic heterocycles. The lowest BCUT2D eigenvalue weighted by Gasteiger charge is -2.05. The Bertz CT molecular complexity index is 563. The summed E-state index contributed by atoms with van der Waals surface area (Å²) in [5, 5.41) is 2.96. The van der Waals surface area contributed by atoms with Crippen molar-refractivity contribution in [2.45, 2.75) is 6.92 Å². The van der Waals surface area contributed by atoms with E-state index in [1.807, 2.05) is 26.1 Å². The van der Waals surface area contributed by atoms with Crippen LogP contribution in [0.4, 0.5) is 5.95 Å². The first-order valence-corrected chi connectivity index (χ1v) is 5.42. The SMILES string of the molecule is CNc1ncc(-c2ccc(C)c3c2OCO3)[nH]1. The van der Waals surface area contributed by atoms with Gasteiger partial charge in [0.25, 0.3) is 0 Å². The minimum Gasteiger partial charge on any atom is -0.453 e. The molecule has 0 bridgehead atoms. The molecule has 88 valence electrons. The second kappa shape index (κ2) is 3.69. The number of hydrogen-bond donors (Lipinski definition) is 2. The van der Waals surface area contributed by atoms with Crippen molar-refractivity contribution in [1.82, 2.24) is 9.97 Å². The monoisotopic (exact) mass is 231 g/mol. The molecule has 2 aromatic rings. The van der Waals surface area contributed by atoms with Gasteiger partial charge in [-0.2, -0.15) is 0 Å². The van der Waals surface area contributed by atoms with Crippen molar-refractivity contribution in [2.24, 2.45) is 0 Å². The van der Waals surface area contributed by atoms with Crippen LogP contribution in [0.5, 0.6) is 11.5 Å². The fourth-order valence-corrected chi connectivity index (χ4v) is 1.93. The lowest BCUT2D eigenvalue weighted by molar-refractivity contribution is 0.173. The number of anilines is 1. The molecular formula is C12H13N3O2. The van der Waals surface area contributed by atoms with Crippen molar-refractivity contribution >= 4 is 5.95 Å². The van der Waals surface area contributed by atoms with Gasteiger partial charge in [0.2, 0.25) is 6.79 Å². The number of hydrogen-bond acceptors (Lipinski definition) is 4. The van der Waals surface area contributed by atoms with Gasteiger partial charge >= 0.3 is 0 Å². The quantitative estimate of drug-likeness (QED) is 0.831. The van der Waals surface area contributed by atoms with E-state index in [0.717, 1.165) is 34.3 Å². The first-order valence-electron chi connectivity index (χ1n) is 5.42. The normalized spacial score (nSPS) is 12.8. The summed E-state index contributed by atoms with van der Waals surface area (Å²) in [6, 6.07) is 4.03. The van der Waals surface area contributed by atoms with Crippen molar-refractivity contribution in [2.75, 3.05) is 19.2 Å². The van der Waals surface area contributed by atoms with Gasteiger partial charge in [-0.05, 0) is 18.6 Å². The van der Waals surface area contributed by atoms with Crippen LogP contribution in [0.2, 0.25) is 0 Å². The van der Waals surface area contributed by atoms with Crippen molar-refractivity contribution in [3.63, 3.8) is 0 Å². The molecule has 5 heteroatoms. The van der Waals surface area contributed by atoms with Crippen LogP contribution in [0.15, 0.2) is 18.3 Å². The van der Waals surface area contributed by atoms with Gasteiger partial charge < -0.3 is 19.8 Å². The van der Waals surface area contributed by atoms with Gasteiger partial charge in [-0.15, -0.1) is 0 Å². The van der Waals surface area contributed by atoms with Gasteiger partial charge in [-0.25, -0.2) is 4.98 Å². The van der Waals surface area contributed by atoms with Gasteiger partial charge in [0.1, 0.15) is 0 Å². The molecule has 0 aliphatic carbocycles. The molecule has 0 spiro atoms. The molecule has 5 nitrogen and oxygen atoms in total. The standard InChI is InChI=1S/C12H13N3O2/c1-7-3-4-8(11-10(7)16-6-17-11)9-5-14-12(13-2)15-9/h3-5H,6H2,1-2H3,(H2,13,14,15). The third-order valence-corrected chi connectivity index (χ3v) is 2.82. The van der Waals surface area contributed by atoms with Crippen LogP contribution >= 0.6 is 0 Å². The number of aromatic nitrogens is 2. The largest absolute Gasteiger partial charge is 0.453 e. The highest BCUT2D eigenvalue weighted by molar-refractivity contribution is 5.73. The van der Waals surface area contributed by atoms with Crippen LogP contribution < -0.4 is 14.8 Å². The Kier molecular flexibility index (Phi) is 2.18. The molecule has 17 heavy (non-hydrogen) atoms. The Morgan fingerprint density at radius 1 is 1.29 bits per heavy atom. The highest BCUT2D eigenvalue weighted by atomic mass is 16.7. The maximum Gasteiger partial charge on any atom is 0.231 e. The summed E-state index contributed by atoms with van der Waals surface area (Å²) in [7, 11) is 1.82. The van der Waals surface area contributed by atoms with E-state index in [9.17, 15) is 0 Å². The zero-order valence-electron chi connectivity index (χ0n) is 9.70. The maximum atomic E-state index is 5.52. The molecule has 0 saturated carbocycles. The smallest absolute Gasteiger partial charge is 0.231 e. The van der Waals surface area contributed by atoms with Gasteiger partial charge in [-0.3, -0.25) is 0 Å². The number of aryl methyl sites for hydroxylation is 1. The Labute approximate surface area is 98.8 Å². The van der Waals surface area contributed by atoms with Gasteiger partial charge in [-0.1, -0.05) is 6.07 Å². The van der Waals surface area contributed by atoms with Crippen LogP contribution in [0.1, 0.15) is 5.56 Å². The number of aromatic amines is 1. The molecular weight excluding hydrogens is 218 g/mol. The Hall–Kier alpha value is -2.17. The fraction of sp³-hybridized carbons (Fsp3) is 0.250. The van der Waals surface area contributed by atoms with Gasteiger partial charge in [0, 0.05) is 12.6 Å². The minimum absolute atomic E-state index is 0.278. The number of imidazole rings is 1. The minimum atomic E-state index is 0.278. The van der Waals surface area contributed by atoms with Gasteiger partial charge in [0.05, 0.1) is 11.9 Å². The number of rotatable bonds is 2. The molecule has 1 aliphatic rings. The second-order valence-electron chi connectivity index (χ2n) is 3.89. The third-order valence-electron chi connectivity index (χ3n) is 2.82. The third kappa shape index (κ3) is 1.51.